The highest BCUT2D eigenvalue weighted by Gasteiger charge is 2.12. The van der Waals surface area contributed by atoms with E-state index in [1.165, 1.54) is 0 Å². The normalized spacial score (nSPS) is 11.8. The summed E-state index contributed by atoms with van der Waals surface area (Å²) < 4.78 is 13.1. The number of nitrogens with zero attached hydrogens (tertiary/aromatic N) is 1. The number of nitrogens with two attached hydrogens (primary N) is 1. The molecule has 0 radical (unpaired) electrons. The summed E-state index contributed by atoms with van der Waals surface area (Å²) in [5.41, 5.74) is 7.49. The number of nitrogen functional groups attached to an aromatic ring is 1. The second-order valence-corrected chi connectivity index (χ2v) is 6.78. The number of hydrogen-bond acceptors (Lipinski definition) is 3. The third kappa shape index (κ3) is 3.40. The Bertz CT molecular complexity index is 728. The summed E-state index contributed by atoms with van der Waals surface area (Å²) in [7, 11) is -1.24. The van der Waals surface area contributed by atoms with E-state index in [9.17, 15) is 4.21 Å². The van der Waals surface area contributed by atoms with Crippen LogP contribution < -0.4 is 5.73 Å². The zero-order chi connectivity index (χ0) is 14.7. The Hall–Kier alpha value is -1.35. The average Bonchev–Trinajstić information content (AvgIpc) is 2.40. The van der Waals surface area contributed by atoms with E-state index in [1.807, 2.05) is 6.07 Å². The number of nitriles is 1. The highest BCUT2D eigenvalue weighted by Crippen LogP contribution is 2.26. The van der Waals surface area contributed by atoms with Crippen LogP contribution in [0.5, 0.6) is 0 Å². The lowest BCUT2D eigenvalue weighted by atomic mass is 10.2. The molecule has 1 unspecified atom stereocenters. The number of rotatable bonds is 3. The summed E-state index contributed by atoms with van der Waals surface area (Å²) in [6.07, 6.45) is 0. The maximum Gasteiger partial charge on any atom is 0.0992 e. The van der Waals surface area contributed by atoms with Gasteiger partial charge < -0.3 is 5.73 Å². The van der Waals surface area contributed by atoms with Crippen LogP contribution in [0.4, 0.5) is 5.69 Å². The fourth-order valence-corrected chi connectivity index (χ4v) is 4.11. The molecule has 3 nitrogen and oxygen atoms in total. The van der Waals surface area contributed by atoms with Gasteiger partial charge >= 0.3 is 0 Å². The van der Waals surface area contributed by atoms with Gasteiger partial charge in [-0.15, -0.1) is 0 Å². The van der Waals surface area contributed by atoms with E-state index >= 15 is 0 Å². The zero-order valence-electron chi connectivity index (χ0n) is 10.3. The molecule has 20 heavy (non-hydrogen) atoms. The molecule has 102 valence electrons. The van der Waals surface area contributed by atoms with E-state index < -0.39 is 10.8 Å². The quantitative estimate of drug-likeness (QED) is 0.835. The van der Waals surface area contributed by atoms with Crippen LogP contribution in [0.3, 0.4) is 0 Å². The van der Waals surface area contributed by atoms with Crippen molar-refractivity contribution in [2.45, 2.75) is 10.6 Å². The van der Waals surface area contributed by atoms with Gasteiger partial charge in [0, 0.05) is 15.2 Å². The molecule has 2 aromatic carbocycles. The number of halogens is 2. The zero-order valence-corrected chi connectivity index (χ0v) is 13.4. The molecule has 0 bridgehead atoms. The fourth-order valence-electron chi connectivity index (χ4n) is 1.65. The van der Waals surface area contributed by atoms with Crippen molar-refractivity contribution in [3.8, 4) is 6.07 Å². The lowest BCUT2D eigenvalue weighted by molar-refractivity contribution is 0.682. The van der Waals surface area contributed by atoms with Crippen LogP contribution in [0, 0.1) is 11.3 Å². The van der Waals surface area contributed by atoms with Gasteiger partial charge in [0.1, 0.15) is 0 Å². The van der Waals surface area contributed by atoms with Crippen molar-refractivity contribution in [2.75, 3.05) is 5.73 Å². The van der Waals surface area contributed by atoms with Crippen LogP contribution in [0.15, 0.2) is 45.8 Å². The Balaban J connectivity index is 2.26. The van der Waals surface area contributed by atoms with Gasteiger partial charge in [0.25, 0.3) is 0 Å². The van der Waals surface area contributed by atoms with Crippen molar-refractivity contribution in [2.24, 2.45) is 0 Å². The van der Waals surface area contributed by atoms with Crippen molar-refractivity contribution < 1.29 is 4.21 Å². The molecule has 1 atom stereocenters. The van der Waals surface area contributed by atoms with Crippen LogP contribution in [0.25, 0.3) is 0 Å². The third-order valence-corrected chi connectivity index (χ3v) is 5.36. The minimum Gasteiger partial charge on any atom is -0.399 e. The van der Waals surface area contributed by atoms with Gasteiger partial charge in [-0.05, 0) is 51.8 Å². The Morgan fingerprint density at radius 1 is 1.30 bits per heavy atom. The summed E-state index contributed by atoms with van der Waals surface area (Å²) in [4.78, 5) is 0.666. The molecule has 0 heterocycles. The molecular weight excluding hydrogens is 360 g/mol. The second kappa shape index (κ2) is 6.40. The van der Waals surface area contributed by atoms with E-state index in [4.69, 9.17) is 22.6 Å². The van der Waals surface area contributed by atoms with Gasteiger partial charge in [-0.1, -0.05) is 17.7 Å². The van der Waals surface area contributed by atoms with Crippen molar-refractivity contribution in [3.63, 3.8) is 0 Å². The van der Waals surface area contributed by atoms with Crippen LogP contribution in [0.2, 0.25) is 5.02 Å². The van der Waals surface area contributed by atoms with E-state index in [2.05, 4.69) is 15.9 Å². The summed E-state index contributed by atoms with van der Waals surface area (Å²) in [6.45, 7) is 0. The van der Waals surface area contributed by atoms with Crippen LogP contribution in [-0.4, -0.2) is 4.21 Å². The first-order valence-corrected chi connectivity index (χ1v) is 8.12. The molecule has 0 saturated carbocycles. The molecule has 0 amide bonds. The topological polar surface area (TPSA) is 66.9 Å². The number of hydrogen-bond donors (Lipinski definition) is 1. The standard InChI is InChI=1S/C14H10BrClN2OS/c15-12-6-11(18)3-4-14(12)20(19)8-10-2-1-9(7-17)5-13(10)16/h1-6H,8,18H2. The molecule has 0 aliphatic rings. The van der Waals surface area contributed by atoms with Gasteiger partial charge in [-0.25, -0.2) is 0 Å². The smallest absolute Gasteiger partial charge is 0.0992 e. The molecular formula is C14H10BrClN2OS. The lowest BCUT2D eigenvalue weighted by Gasteiger charge is -2.07. The molecule has 2 N–H and O–H groups in total. The molecule has 0 fully saturated rings. The van der Waals surface area contributed by atoms with E-state index in [1.54, 1.807) is 36.4 Å². The van der Waals surface area contributed by atoms with Gasteiger partial charge in [0.2, 0.25) is 0 Å². The highest BCUT2D eigenvalue weighted by atomic mass is 79.9. The average molecular weight is 370 g/mol. The van der Waals surface area contributed by atoms with Gasteiger partial charge in [0.05, 0.1) is 33.1 Å². The molecule has 6 heteroatoms. The predicted molar refractivity (Wildman–Crippen MR) is 84.8 cm³/mol. The Labute approximate surface area is 132 Å². The van der Waals surface area contributed by atoms with Crippen molar-refractivity contribution in [1.29, 1.82) is 5.26 Å². The molecule has 0 aliphatic heterocycles. The minimum atomic E-state index is -1.24. The van der Waals surface area contributed by atoms with Crippen LogP contribution in [0.1, 0.15) is 11.1 Å². The predicted octanol–water partition coefficient (Wildman–Crippen LogP) is 3.86. The lowest BCUT2D eigenvalue weighted by Crippen LogP contribution is -1.99. The van der Waals surface area contributed by atoms with Gasteiger partial charge in [-0.3, -0.25) is 4.21 Å². The minimum absolute atomic E-state index is 0.285. The summed E-state index contributed by atoms with van der Waals surface area (Å²) >= 11 is 9.44. The van der Waals surface area contributed by atoms with Crippen molar-refractivity contribution in [3.05, 3.63) is 57.0 Å². The van der Waals surface area contributed by atoms with Crippen molar-refractivity contribution in [1.82, 2.24) is 0 Å². The highest BCUT2D eigenvalue weighted by molar-refractivity contribution is 9.10. The van der Waals surface area contributed by atoms with Crippen molar-refractivity contribution >= 4 is 44.0 Å². The largest absolute Gasteiger partial charge is 0.399 e. The molecule has 2 aromatic rings. The Morgan fingerprint density at radius 3 is 2.65 bits per heavy atom. The molecule has 0 aliphatic carbocycles. The summed E-state index contributed by atoms with van der Waals surface area (Å²) in [5.74, 6) is 0.285. The number of anilines is 1. The maximum atomic E-state index is 12.4. The summed E-state index contributed by atoms with van der Waals surface area (Å²) in [5, 5.41) is 9.24. The molecule has 0 spiro atoms. The third-order valence-electron chi connectivity index (χ3n) is 2.67. The van der Waals surface area contributed by atoms with E-state index in [-0.39, 0.29) is 5.75 Å². The monoisotopic (exact) mass is 368 g/mol. The summed E-state index contributed by atoms with van der Waals surface area (Å²) in [6, 6.07) is 12.1. The molecule has 0 saturated heterocycles. The second-order valence-electron chi connectivity index (χ2n) is 4.10. The van der Waals surface area contributed by atoms with Crippen LogP contribution in [-0.2, 0) is 16.6 Å². The Morgan fingerprint density at radius 2 is 2.05 bits per heavy atom. The molecule has 2 rings (SSSR count). The molecule has 0 aromatic heterocycles. The van der Waals surface area contributed by atoms with Crippen LogP contribution >= 0.6 is 27.5 Å². The SMILES string of the molecule is N#Cc1ccc(CS(=O)c2ccc(N)cc2Br)c(Cl)c1. The first-order valence-electron chi connectivity index (χ1n) is 5.63. The Kier molecular flexibility index (Phi) is 4.81. The van der Waals surface area contributed by atoms with Gasteiger partial charge in [0.15, 0.2) is 0 Å². The van der Waals surface area contributed by atoms with E-state index in [0.717, 1.165) is 5.56 Å². The van der Waals surface area contributed by atoms with Gasteiger partial charge in [-0.2, -0.15) is 5.26 Å². The van der Waals surface area contributed by atoms with E-state index in [0.29, 0.717) is 25.6 Å². The fraction of sp³-hybridized carbons (Fsp3) is 0.0714. The first kappa shape index (κ1) is 15.0. The number of benzene rings is 2. The first-order chi connectivity index (χ1) is 9.51. The maximum absolute atomic E-state index is 12.4.